The largest absolute Gasteiger partial charge is 0.491 e. The Morgan fingerprint density at radius 1 is 1.32 bits per heavy atom. The topological polar surface area (TPSA) is 47.3 Å². The van der Waals surface area contributed by atoms with Crippen molar-refractivity contribution in [3.8, 4) is 5.75 Å². The Bertz CT molecular complexity index is 386. The molecule has 19 heavy (non-hydrogen) atoms. The van der Waals surface area contributed by atoms with Crippen molar-refractivity contribution in [2.24, 2.45) is 5.92 Å². The summed E-state index contributed by atoms with van der Waals surface area (Å²) < 4.78 is 5.64. The summed E-state index contributed by atoms with van der Waals surface area (Å²) in [5, 5.41) is 3.48. The van der Waals surface area contributed by atoms with E-state index >= 15 is 0 Å². The van der Waals surface area contributed by atoms with Crippen LogP contribution in [-0.4, -0.2) is 13.2 Å². The van der Waals surface area contributed by atoms with Crippen molar-refractivity contribution in [1.82, 2.24) is 0 Å². The van der Waals surface area contributed by atoms with Gasteiger partial charge in [0.15, 0.2) is 0 Å². The Morgan fingerprint density at radius 3 is 2.84 bits per heavy atom. The number of nitrogens with two attached hydrogens (primary N) is 1. The van der Waals surface area contributed by atoms with Crippen LogP contribution < -0.4 is 15.8 Å². The summed E-state index contributed by atoms with van der Waals surface area (Å²) in [5.74, 6) is 1.73. The van der Waals surface area contributed by atoms with Crippen LogP contribution in [0.15, 0.2) is 18.2 Å². The van der Waals surface area contributed by atoms with E-state index in [4.69, 9.17) is 10.5 Å². The van der Waals surface area contributed by atoms with Gasteiger partial charge in [0.1, 0.15) is 5.75 Å². The van der Waals surface area contributed by atoms with Crippen molar-refractivity contribution in [2.45, 2.75) is 45.4 Å². The molecule has 0 amide bonds. The molecule has 2 rings (SSSR count). The van der Waals surface area contributed by atoms with Crippen LogP contribution in [0.2, 0.25) is 0 Å². The van der Waals surface area contributed by atoms with Gasteiger partial charge in [-0.3, -0.25) is 0 Å². The second-order valence-corrected chi connectivity index (χ2v) is 5.47. The first-order valence-corrected chi connectivity index (χ1v) is 7.55. The van der Waals surface area contributed by atoms with Gasteiger partial charge in [0, 0.05) is 18.3 Å². The molecule has 0 atom stereocenters. The summed E-state index contributed by atoms with van der Waals surface area (Å²) in [6.45, 7) is 3.86. The van der Waals surface area contributed by atoms with E-state index in [9.17, 15) is 0 Å². The maximum Gasteiger partial charge on any atom is 0.144 e. The number of hydrogen-bond donors (Lipinski definition) is 2. The number of nitrogen functional groups attached to an aromatic ring is 1. The van der Waals surface area contributed by atoms with Crippen LogP contribution >= 0.6 is 0 Å². The molecule has 1 fully saturated rings. The number of anilines is 2. The number of ether oxygens (including phenoxy) is 1. The van der Waals surface area contributed by atoms with Gasteiger partial charge in [0.25, 0.3) is 0 Å². The van der Waals surface area contributed by atoms with Crippen LogP contribution in [0.1, 0.15) is 45.4 Å². The Balaban J connectivity index is 1.81. The van der Waals surface area contributed by atoms with E-state index in [-0.39, 0.29) is 0 Å². The molecule has 3 heteroatoms. The fourth-order valence-electron chi connectivity index (χ4n) is 2.70. The second kappa shape index (κ2) is 7.27. The van der Waals surface area contributed by atoms with Crippen molar-refractivity contribution in [2.75, 3.05) is 24.2 Å². The molecule has 1 aromatic rings. The Morgan fingerprint density at radius 2 is 2.11 bits per heavy atom. The molecule has 3 nitrogen and oxygen atoms in total. The van der Waals surface area contributed by atoms with Crippen molar-refractivity contribution in [3.05, 3.63) is 18.2 Å². The Hall–Kier alpha value is -1.38. The first kappa shape index (κ1) is 14.0. The molecule has 0 aliphatic heterocycles. The Labute approximate surface area is 116 Å². The van der Waals surface area contributed by atoms with Crippen LogP contribution in [0.5, 0.6) is 5.75 Å². The monoisotopic (exact) mass is 262 g/mol. The predicted molar refractivity (Wildman–Crippen MR) is 81.7 cm³/mol. The lowest BCUT2D eigenvalue weighted by Gasteiger charge is -2.13. The van der Waals surface area contributed by atoms with E-state index < -0.39 is 0 Å². The van der Waals surface area contributed by atoms with E-state index in [0.717, 1.165) is 42.6 Å². The maximum absolute atomic E-state index is 5.91. The van der Waals surface area contributed by atoms with Crippen LogP contribution in [0.3, 0.4) is 0 Å². The average molecular weight is 262 g/mol. The molecule has 1 saturated carbocycles. The molecule has 1 aliphatic rings. The van der Waals surface area contributed by atoms with E-state index in [1.54, 1.807) is 0 Å². The molecular weight excluding hydrogens is 236 g/mol. The van der Waals surface area contributed by atoms with Crippen LogP contribution in [0, 0.1) is 5.92 Å². The quantitative estimate of drug-likeness (QED) is 0.729. The van der Waals surface area contributed by atoms with Crippen LogP contribution in [0.4, 0.5) is 11.4 Å². The van der Waals surface area contributed by atoms with E-state index in [2.05, 4.69) is 12.2 Å². The highest BCUT2D eigenvalue weighted by atomic mass is 16.5. The SMILES string of the molecule is CCCOc1cc(NCCC2CCCC2)ccc1N. The fraction of sp³-hybridized carbons (Fsp3) is 0.625. The first-order chi connectivity index (χ1) is 9.29. The minimum Gasteiger partial charge on any atom is -0.491 e. The zero-order valence-corrected chi connectivity index (χ0v) is 12.0. The van der Waals surface area contributed by atoms with Gasteiger partial charge in [-0.2, -0.15) is 0 Å². The van der Waals surface area contributed by atoms with Crippen molar-refractivity contribution in [1.29, 1.82) is 0 Å². The standard InChI is InChI=1S/C16H26N2O/c1-2-11-19-16-12-14(7-8-15(16)17)18-10-9-13-5-3-4-6-13/h7-8,12-13,18H,2-6,9-11,17H2,1H3. The lowest BCUT2D eigenvalue weighted by molar-refractivity contribution is 0.319. The lowest BCUT2D eigenvalue weighted by atomic mass is 10.0. The van der Waals surface area contributed by atoms with Crippen molar-refractivity contribution < 1.29 is 4.74 Å². The number of nitrogens with one attached hydrogen (secondary N) is 1. The van der Waals surface area contributed by atoms with E-state index in [1.807, 2.05) is 18.2 Å². The third-order valence-electron chi connectivity index (χ3n) is 3.83. The predicted octanol–water partition coefficient (Wildman–Crippen LogP) is 4.05. The second-order valence-electron chi connectivity index (χ2n) is 5.47. The molecule has 0 aromatic heterocycles. The Kier molecular flexibility index (Phi) is 5.37. The van der Waals surface area contributed by atoms with Gasteiger partial charge in [-0.05, 0) is 30.9 Å². The molecule has 0 saturated heterocycles. The van der Waals surface area contributed by atoms with Gasteiger partial charge in [-0.1, -0.05) is 32.6 Å². The van der Waals surface area contributed by atoms with Gasteiger partial charge >= 0.3 is 0 Å². The zero-order chi connectivity index (χ0) is 13.5. The molecule has 3 N–H and O–H groups in total. The smallest absolute Gasteiger partial charge is 0.144 e. The minimum atomic E-state index is 0.717. The van der Waals surface area contributed by atoms with Gasteiger partial charge in [-0.15, -0.1) is 0 Å². The third-order valence-corrected chi connectivity index (χ3v) is 3.83. The molecule has 0 bridgehead atoms. The molecule has 0 unspecified atom stereocenters. The molecule has 0 heterocycles. The van der Waals surface area contributed by atoms with Gasteiger partial charge in [0.05, 0.1) is 12.3 Å². The molecule has 1 aromatic carbocycles. The summed E-state index contributed by atoms with van der Waals surface area (Å²) in [5.41, 5.74) is 7.73. The summed E-state index contributed by atoms with van der Waals surface area (Å²) in [6.07, 6.45) is 7.93. The summed E-state index contributed by atoms with van der Waals surface area (Å²) in [4.78, 5) is 0. The van der Waals surface area contributed by atoms with E-state index in [1.165, 1.54) is 32.1 Å². The third kappa shape index (κ3) is 4.34. The number of rotatable bonds is 7. The summed E-state index contributed by atoms with van der Waals surface area (Å²) in [7, 11) is 0. The van der Waals surface area contributed by atoms with Crippen LogP contribution in [0.25, 0.3) is 0 Å². The van der Waals surface area contributed by atoms with Gasteiger partial charge < -0.3 is 15.8 Å². The summed E-state index contributed by atoms with van der Waals surface area (Å²) >= 11 is 0. The van der Waals surface area contributed by atoms with E-state index in [0.29, 0.717) is 0 Å². The van der Waals surface area contributed by atoms with Gasteiger partial charge in [-0.25, -0.2) is 0 Å². The highest BCUT2D eigenvalue weighted by molar-refractivity contribution is 5.61. The highest BCUT2D eigenvalue weighted by Gasteiger charge is 2.14. The average Bonchev–Trinajstić information content (AvgIpc) is 2.92. The first-order valence-electron chi connectivity index (χ1n) is 7.55. The normalized spacial score (nSPS) is 15.6. The number of hydrogen-bond acceptors (Lipinski definition) is 3. The summed E-state index contributed by atoms with van der Waals surface area (Å²) in [6, 6.07) is 5.96. The molecule has 0 spiro atoms. The van der Waals surface area contributed by atoms with Crippen LogP contribution in [-0.2, 0) is 0 Å². The number of benzene rings is 1. The zero-order valence-electron chi connectivity index (χ0n) is 12.0. The van der Waals surface area contributed by atoms with Crippen molar-refractivity contribution in [3.63, 3.8) is 0 Å². The molecule has 106 valence electrons. The van der Waals surface area contributed by atoms with Crippen molar-refractivity contribution >= 4 is 11.4 Å². The molecule has 0 radical (unpaired) electrons. The van der Waals surface area contributed by atoms with Gasteiger partial charge in [0.2, 0.25) is 0 Å². The minimum absolute atomic E-state index is 0.717. The lowest BCUT2D eigenvalue weighted by Crippen LogP contribution is -2.07. The molecular formula is C16H26N2O. The maximum atomic E-state index is 5.91. The fourth-order valence-corrected chi connectivity index (χ4v) is 2.70. The molecule has 1 aliphatic carbocycles. The highest BCUT2D eigenvalue weighted by Crippen LogP contribution is 2.28.